The summed E-state index contributed by atoms with van der Waals surface area (Å²) in [5.41, 5.74) is 2.99. The topological polar surface area (TPSA) is 0 Å². The van der Waals surface area contributed by atoms with Gasteiger partial charge in [0.25, 0.3) is 0 Å². The van der Waals surface area contributed by atoms with Gasteiger partial charge >= 0.3 is 0 Å². The van der Waals surface area contributed by atoms with Crippen LogP contribution in [-0.4, -0.2) is 0 Å². The molecule has 1 saturated carbocycles. The summed E-state index contributed by atoms with van der Waals surface area (Å²) in [6, 6.07) is 21.8. The Labute approximate surface area is 103 Å². The highest BCUT2D eigenvalue weighted by Crippen LogP contribution is 2.43. The lowest BCUT2D eigenvalue weighted by Gasteiger charge is -2.01. The van der Waals surface area contributed by atoms with Gasteiger partial charge in [-0.15, -0.1) is 0 Å². The van der Waals surface area contributed by atoms with E-state index < -0.39 is 0 Å². The fraction of sp³-hybridized carbons (Fsp3) is 0.294. The molecule has 0 aromatic heterocycles. The second-order valence-corrected chi connectivity index (χ2v) is 5.14. The normalized spacial score (nSPS) is 22.4. The molecule has 0 saturated heterocycles. The molecule has 0 heterocycles. The molecule has 0 heteroatoms. The molecular formula is C17H18. The van der Waals surface area contributed by atoms with E-state index in [9.17, 15) is 0 Å². The lowest BCUT2D eigenvalue weighted by atomic mass is 10.0. The van der Waals surface area contributed by atoms with Gasteiger partial charge in [-0.2, -0.15) is 0 Å². The first kappa shape index (κ1) is 10.6. The van der Waals surface area contributed by atoms with Crippen molar-refractivity contribution in [1.82, 2.24) is 0 Å². The van der Waals surface area contributed by atoms with Gasteiger partial charge in [0.15, 0.2) is 0 Å². The third kappa shape index (κ3) is 2.76. The van der Waals surface area contributed by atoms with E-state index in [1.807, 2.05) is 0 Å². The molecular weight excluding hydrogens is 204 g/mol. The molecule has 1 aliphatic rings. The van der Waals surface area contributed by atoms with Crippen molar-refractivity contribution < 1.29 is 0 Å². The minimum atomic E-state index is 0.914. The summed E-state index contributed by atoms with van der Waals surface area (Å²) in [5, 5.41) is 0. The molecule has 2 aromatic carbocycles. The molecule has 0 amide bonds. The van der Waals surface area contributed by atoms with Gasteiger partial charge in [0.1, 0.15) is 0 Å². The molecule has 0 N–H and O–H groups in total. The van der Waals surface area contributed by atoms with Crippen LogP contribution in [0.3, 0.4) is 0 Å². The zero-order valence-electron chi connectivity index (χ0n) is 10.0. The van der Waals surface area contributed by atoms with Gasteiger partial charge in [-0.1, -0.05) is 60.7 Å². The van der Waals surface area contributed by atoms with Crippen molar-refractivity contribution in [1.29, 1.82) is 0 Å². The van der Waals surface area contributed by atoms with Gasteiger partial charge in [0, 0.05) is 0 Å². The van der Waals surface area contributed by atoms with E-state index >= 15 is 0 Å². The summed E-state index contributed by atoms with van der Waals surface area (Å²) in [5.74, 6) is 1.83. The second-order valence-electron chi connectivity index (χ2n) is 5.14. The minimum Gasteiger partial charge on any atom is -0.0622 e. The maximum Gasteiger partial charge on any atom is -0.0248 e. The van der Waals surface area contributed by atoms with Crippen LogP contribution in [0, 0.1) is 11.8 Å². The molecule has 3 rings (SSSR count). The maximum atomic E-state index is 2.25. The van der Waals surface area contributed by atoms with Crippen LogP contribution in [0.5, 0.6) is 0 Å². The first-order valence-corrected chi connectivity index (χ1v) is 6.49. The van der Waals surface area contributed by atoms with Crippen molar-refractivity contribution in [3.63, 3.8) is 0 Å². The van der Waals surface area contributed by atoms with Crippen molar-refractivity contribution in [2.75, 3.05) is 0 Å². The standard InChI is InChI=1S/C17H18/c1-3-7-14(8-4-1)11-16-13-17(16)12-15-9-5-2-6-10-15/h1-10,16-17H,11-13H2/t16-,17+. The fourth-order valence-electron chi connectivity index (χ4n) is 2.64. The predicted octanol–water partition coefficient (Wildman–Crippen LogP) is 4.11. The molecule has 0 radical (unpaired) electrons. The Morgan fingerprint density at radius 1 is 0.647 bits per heavy atom. The van der Waals surface area contributed by atoms with Crippen molar-refractivity contribution in [2.45, 2.75) is 19.3 Å². The van der Waals surface area contributed by atoms with Crippen molar-refractivity contribution in [2.24, 2.45) is 11.8 Å². The van der Waals surface area contributed by atoms with Crippen LogP contribution in [0.15, 0.2) is 60.7 Å². The molecule has 0 aliphatic heterocycles. The van der Waals surface area contributed by atoms with Crippen LogP contribution in [0.25, 0.3) is 0 Å². The molecule has 1 aliphatic carbocycles. The van der Waals surface area contributed by atoms with E-state index in [0.717, 1.165) is 11.8 Å². The Kier molecular flexibility index (Phi) is 2.96. The lowest BCUT2D eigenvalue weighted by Crippen LogP contribution is -1.93. The summed E-state index contributed by atoms with van der Waals surface area (Å²) in [4.78, 5) is 0. The minimum absolute atomic E-state index is 0.914. The first-order valence-electron chi connectivity index (χ1n) is 6.49. The molecule has 2 atom stereocenters. The summed E-state index contributed by atoms with van der Waals surface area (Å²) < 4.78 is 0. The summed E-state index contributed by atoms with van der Waals surface area (Å²) in [7, 11) is 0. The van der Waals surface area contributed by atoms with E-state index in [-0.39, 0.29) is 0 Å². The van der Waals surface area contributed by atoms with E-state index in [1.165, 1.54) is 30.4 Å². The van der Waals surface area contributed by atoms with E-state index in [0.29, 0.717) is 0 Å². The summed E-state index contributed by atoms with van der Waals surface area (Å²) >= 11 is 0. The monoisotopic (exact) mass is 222 g/mol. The Morgan fingerprint density at radius 2 is 1.06 bits per heavy atom. The average Bonchev–Trinajstić information content (AvgIpc) is 3.10. The van der Waals surface area contributed by atoms with E-state index in [4.69, 9.17) is 0 Å². The van der Waals surface area contributed by atoms with Crippen LogP contribution in [-0.2, 0) is 12.8 Å². The zero-order chi connectivity index (χ0) is 11.5. The number of benzene rings is 2. The average molecular weight is 222 g/mol. The van der Waals surface area contributed by atoms with Crippen LogP contribution >= 0.6 is 0 Å². The summed E-state index contributed by atoms with van der Waals surface area (Å²) in [6.45, 7) is 0. The third-order valence-corrected chi connectivity index (χ3v) is 3.75. The van der Waals surface area contributed by atoms with Crippen LogP contribution in [0.1, 0.15) is 17.5 Å². The highest BCUT2D eigenvalue weighted by atomic mass is 14.4. The van der Waals surface area contributed by atoms with Gasteiger partial charge in [0.05, 0.1) is 0 Å². The molecule has 86 valence electrons. The zero-order valence-corrected chi connectivity index (χ0v) is 10.0. The fourth-order valence-corrected chi connectivity index (χ4v) is 2.64. The Morgan fingerprint density at radius 3 is 1.47 bits per heavy atom. The largest absolute Gasteiger partial charge is 0.0622 e. The Hall–Kier alpha value is -1.56. The number of hydrogen-bond acceptors (Lipinski definition) is 0. The number of rotatable bonds is 4. The van der Waals surface area contributed by atoms with E-state index in [2.05, 4.69) is 60.7 Å². The van der Waals surface area contributed by atoms with Crippen molar-refractivity contribution in [3.8, 4) is 0 Å². The quantitative estimate of drug-likeness (QED) is 0.730. The summed E-state index contributed by atoms with van der Waals surface area (Å²) in [6.07, 6.45) is 3.93. The lowest BCUT2D eigenvalue weighted by molar-refractivity contribution is 0.693. The maximum absolute atomic E-state index is 2.25. The molecule has 0 nitrogen and oxygen atoms in total. The molecule has 2 aromatic rings. The smallest absolute Gasteiger partial charge is 0.0248 e. The van der Waals surface area contributed by atoms with Crippen molar-refractivity contribution >= 4 is 0 Å². The van der Waals surface area contributed by atoms with Gasteiger partial charge < -0.3 is 0 Å². The third-order valence-electron chi connectivity index (χ3n) is 3.75. The van der Waals surface area contributed by atoms with E-state index in [1.54, 1.807) is 0 Å². The predicted molar refractivity (Wildman–Crippen MR) is 71.9 cm³/mol. The Bertz CT molecular complexity index is 412. The molecule has 0 spiro atoms. The highest BCUT2D eigenvalue weighted by Gasteiger charge is 2.36. The Balaban J connectivity index is 1.54. The van der Waals surface area contributed by atoms with Crippen LogP contribution in [0.2, 0.25) is 0 Å². The van der Waals surface area contributed by atoms with Crippen LogP contribution in [0.4, 0.5) is 0 Å². The number of hydrogen-bond donors (Lipinski definition) is 0. The first-order chi connectivity index (χ1) is 8.42. The van der Waals surface area contributed by atoms with Crippen molar-refractivity contribution in [3.05, 3.63) is 71.8 Å². The molecule has 17 heavy (non-hydrogen) atoms. The SMILES string of the molecule is c1ccc(C[C@@H]2C[C@@H]2Cc2ccccc2)cc1. The highest BCUT2D eigenvalue weighted by molar-refractivity contribution is 5.20. The van der Waals surface area contributed by atoms with Crippen LogP contribution < -0.4 is 0 Å². The van der Waals surface area contributed by atoms with Gasteiger partial charge in [0.2, 0.25) is 0 Å². The van der Waals surface area contributed by atoms with Gasteiger partial charge in [-0.3, -0.25) is 0 Å². The molecule has 0 bridgehead atoms. The molecule has 0 unspecified atom stereocenters. The second kappa shape index (κ2) is 4.75. The van der Waals surface area contributed by atoms with Gasteiger partial charge in [-0.05, 0) is 42.2 Å². The molecule has 1 fully saturated rings. The van der Waals surface area contributed by atoms with Gasteiger partial charge in [-0.25, -0.2) is 0 Å².